The Hall–Kier alpha value is -1.52. The third kappa shape index (κ3) is 3.06. The normalized spacial score (nSPS) is 12.7. The van der Waals surface area contributed by atoms with Gasteiger partial charge in [0.1, 0.15) is 4.90 Å². The molecule has 0 amide bonds. The molecule has 0 saturated heterocycles. The molecule has 2 aromatic carbocycles. The fourth-order valence-electron chi connectivity index (χ4n) is 1.99. The lowest BCUT2D eigenvalue weighted by molar-refractivity contribution is 0.333. The zero-order valence-electron chi connectivity index (χ0n) is 11.0. The lowest BCUT2D eigenvalue weighted by Crippen LogP contribution is -2.12. The van der Waals surface area contributed by atoms with Crippen LogP contribution in [0.3, 0.4) is 0 Å². The van der Waals surface area contributed by atoms with Crippen LogP contribution in [0.25, 0.3) is 10.8 Å². The van der Waals surface area contributed by atoms with Crippen molar-refractivity contribution < 1.29 is 25.7 Å². The number of fused-ring (bicyclic) bond motifs is 1. The maximum Gasteiger partial charge on any atom is 0.313 e. The van der Waals surface area contributed by atoms with Gasteiger partial charge in [-0.1, -0.05) is 25.1 Å². The lowest BCUT2D eigenvalue weighted by atomic mass is 10.1. The Kier molecular flexibility index (Phi) is 4.04. The maximum atomic E-state index is 11.8. The molecule has 0 radical (unpaired) electrons. The topological polar surface area (TPSA) is 124 Å². The van der Waals surface area contributed by atoms with Crippen molar-refractivity contribution >= 4 is 31.0 Å². The molecule has 0 atom stereocenters. The molecule has 0 aliphatic rings. The molecule has 0 aliphatic heterocycles. The molecular weight excluding hydrogens is 318 g/mol. The first-order valence-electron chi connectivity index (χ1n) is 5.86. The highest BCUT2D eigenvalue weighted by atomic mass is 32.2. The second-order valence-corrected chi connectivity index (χ2v) is 7.32. The summed E-state index contributed by atoms with van der Waals surface area (Å²) in [5, 5.41) is 0.602. The van der Waals surface area contributed by atoms with Crippen LogP contribution in [-0.4, -0.2) is 21.4 Å². The van der Waals surface area contributed by atoms with Crippen LogP contribution >= 0.6 is 0 Å². The molecule has 3 N–H and O–H groups in total. The average molecular weight is 331 g/mol. The van der Waals surface area contributed by atoms with E-state index in [0.29, 0.717) is 11.8 Å². The Bertz CT molecular complexity index is 903. The van der Waals surface area contributed by atoms with E-state index < -0.39 is 30.0 Å². The first-order valence-corrected chi connectivity index (χ1v) is 8.71. The molecule has 21 heavy (non-hydrogen) atoms. The van der Waals surface area contributed by atoms with Gasteiger partial charge in [0, 0.05) is 5.39 Å². The number of nitrogens with two attached hydrogens (primary N) is 1. The second kappa shape index (κ2) is 5.35. The van der Waals surface area contributed by atoms with E-state index in [1.165, 1.54) is 12.1 Å². The van der Waals surface area contributed by atoms with Crippen molar-refractivity contribution in [2.75, 3.05) is 0 Å². The van der Waals surface area contributed by atoms with Crippen molar-refractivity contribution in [1.82, 2.24) is 0 Å². The molecule has 2 rings (SSSR count). The fourth-order valence-corrected chi connectivity index (χ4v) is 3.43. The number of hydrogen-bond acceptors (Lipinski definition) is 6. The fraction of sp³-hybridized carbons (Fsp3) is 0.167. The summed E-state index contributed by atoms with van der Waals surface area (Å²) < 4.78 is 59.3. The Morgan fingerprint density at radius 3 is 2.33 bits per heavy atom. The van der Waals surface area contributed by atoms with E-state index in [0.717, 1.165) is 11.6 Å². The van der Waals surface area contributed by atoms with Crippen molar-refractivity contribution in [3.8, 4) is 0 Å². The van der Waals surface area contributed by atoms with Gasteiger partial charge in [-0.3, -0.25) is 4.55 Å². The average Bonchev–Trinajstić information content (AvgIpc) is 2.44. The molecule has 2 aromatic rings. The predicted molar refractivity (Wildman–Crippen MR) is 75.6 cm³/mol. The number of hydrogen-bond donors (Lipinski definition) is 2. The van der Waals surface area contributed by atoms with Gasteiger partial charge in [-0.15, -0.1) is 0 Å². The SMILES string of the molecule is CCc1ccc2c(S(=O)(=O)ON)cc(S(=O)(=O)O)cc2c1. The monoisotopic (exact) mass is 331 g/mol. The van der Waals surface area contributed by atoms with Gasteiger partial charge < -0.3 is 0 Å². The van der Waals surface area contributed by atoms with Crippen LogP contribution in [0.2, 0.25) is 0 Å². The summed E-state index contributed by atoms with van der Waals surface area (Å²) in [5.41, 5.74) is 0.881. The molecule has 0 saturated carbocycles. The van der Waals surface area contributed by atoms with E-state index in [4.69, 9.17) is 10.4 Å². The number of aryl methyl sites for hydroxylation is 1. The zero-order chi connectivity index (χ0) is 15.8. The third-order valence-corrected chi connectivity index (χ3v) is 5.02. The Morgan fingerprint density at radius 2 is 1.81 bits per heavy atom. The molecule has 0 unspecified atom stereocenters. The van der Waals surface area contributed by atoms with E-state index in [-0.39, 0.29) is 5.39 Å². The Labute approximate surface area is 122 Å². The highest BCUT2D eigenvalue weighted by molar-refractivity contribution is 7.87. The first-order chi connectivity index (χ1) is 9.69. The van der Waals surface area contributed by atoms with Crippen molar-refractivity contribution in [3.63, 3.8) is 0 Å². The van der Waals surface area contributed by atoms with Crippen LogP contribution in [0.1, 0.15) is 12.5 Å². The summed E-state index contributed by atoms with van der Waals surface area (Å²) in [7, 11) is -8.89. The molecule has 0 fully saturated rings. The highest BCUT2D eigenvalue weighted by Crippen LogP contribution is 2.29. The highest BCUT2D eigenvalue weighted by Gasteiger charge is 2.22. The first kappa shape index (κ1) is 15.9. The molecule has 0 spiro atoms. The van der Waals surface area contributed by atoms with Gasteiger partial charge in [0.25, 0.3) is 10.1 Å². The summed E-state index contributed by atoms with van der Waals surface area (Å²) in [6, 6.07) is 6.89. The van der Waals surface area contributed by atoms with Crippen LogP contribution in [0.4, 0.5) is 0 Å². The van der Waals surface area contributed by atoms with Crippen LogP contribution < -0.4 is 5.90 Å². The summed E-state index contributed by atoms with van der Waals surface area (Å²) >= 11 is 0. The van der Waals surface area contributed by atoms with Gasteiger partial charge in [0.2, 0.25) is 0 Å². The maximum absolute atomic E-state index is 11.8. The molecule has 114 valence electrons. The molecule has 0 heterocycles. The van der Waals surface area contributed by atoms with Crippen LogP contribution in [-0.2, 0) is 30.9 Å². The van der Waals surface area contributed by atoms with E-state index in [1.54, 1.807) is 12.1 Å². The van der Waals surface area contributed by atoms with Gasteiger partial charge >= 0.3 is 10.1 Å². The van der Waals surface area contributed by atoms with Crippen molar-refractivity contribution in [2.24, 2.45) is 5.90 Å². The minimum atomic E-state index is -4.57. The summed E-state index contributed by atoms with van der Waals surface area (Å²) in [6.07, 6.45) is 0.682. The summed E-state index contributed by atoms with van der Waals surface area (Å²) in [4.78, 5) is -0.961. The standard InChI is InChI=1S/C12H13NO6S2/c1-2-8-3-4-11-9(5-8)6-10(20(14,15)16)7-12(11)21(17,18)19-13/h3-7H,2,13H2,1H3,(H,14,15,16). The molecule has 0 aliphatic carbocycles. The van der Waals surface area contributed by atoms with Crippen molar-refractivity contribution in [3.05, 3.63) is 35.9 Å². The minimum absolute atomic E-state index is 0.255. The van der Waals surface area contributed by atoms with Gasteiger partial charge in [-0.05, 0) is 29.5 Å². The molecule has 7 nitrogen and oxygen atoms in total. The summed E-state index contributed by atoms with van der Waals surface area (Å²) in [5.74, 6) is 4.74. The molecule has 0 bridgehead atoms. The van der Waals surface area contributed by atoms with E-state index in [1.807, 2.05) is 6.92 Å². The van der Waals surface area contributed by atoms with Gasteiger partial charge in [-0.2, -0.15) is 27.0 Å². The van der Waals surface area contributed by atoms with Crippen molar-refractivity contribution in [2.45, 2.75) is 23.1 Å². The molecular formula is C12H13NO6S2. The van der Waals surface area contributed by atoms with E-state index in [9.17, 15) is 16.8 Å². The van der Waals surface area contributed by atoms with Crippen LogP contribution in [0.15, 0.2) is 40.1 Å². The van der Waals surface area contributed by atoms with Gasteiger partial charge in [0.15, 0.2) is 0 Å². The predicted octanol–water partition coefficient (Wildman–Crippen LogP) is 1.23. The van der Waals surface area contributed by atoms with Gasteiger partial charge in [0.05, 0.1) is 4.90 Å². The Balaban J connectivity index is 2.95. The largest absolute Gasteiger partial charge is 0.313 e. The number of benzene rings is 2. The quantitative estimate of drug-likeness (QED) is 0.637. The van der Waals surface area contributed by atoms with Gasteiger partial charge in [-0.25, -0.2) is 0 Å². The molecule has 9 heteroatoms. The lowest BCUT2D eigenvalue weighted by Gasteiger charge is -2.09. The van der Waals surface area contributed by atoms with E-state index in [2.05, 4.69) is 4.28 Å². The molecule has 0 aromatic heterocycles. The van der Waals surface area contributed by atoms with Crippen molar-refractivity contribution in [1.29, 1.82) is 0 Å². The second-order valence-electron chi connectivity index (χ2n) is 4.36. The number of rotatable bonds is 4. The minimum Gasteiger partial charge on any atom is -0.282 e. The smallest absolute Gasteiger partial charge is 0.282 e. The zero-order valence-corrected chi connectivity index (χ0v) is 12.6. The summed E-state index contributed by atoms with van der Waals surface area (Å²) in [6.45, 7) is 1.90. The van der Waals surface area contributed by atoms with Crippen LogP contribution in [0, 0.1) is 0 Å². The van der Waals surface area contributed by atoms with Crippen LogP contribution in [0.5, 0.6) is 0 Å². The van der Waals surface area contributed by atoms with E-state index >= 15 is 0 Å². The third-order valence-electron chi connectivity index (χ3n) is 3.05. The Morgan fingerprint density at radius 1 is 1.14 bits per heavy atom.